The Hall–Kier alpha value is -2.00. The van der Waals surface area contributed by atoms with Crippen LogP contribution in [0, 0.1) is 6.92 Å². The van der Waals surface area contributed by atoms with Gasteiger partial charge in [0.15, 0.2) is 0 Å². The SMILES string of the molecule is Cc1ccc(NC(=O)N2CC=C(C(F)(F)F)C2)cc1C1BOOC1. The summed E-state index contributed by atoms with van der Waals surface area (Å²) in [6.45, 7) is 1.89. The normalized spacial score (nSPS) is 20.8. The number of nitrogens with one attached hydrogen (secondary N) is 1. The molecule has 24 heavy (non-hydrogen) atoms. The number of anilines is 1. The summed E-state index contributed by atoms with van der Waals surface area (Å²) >= 11 is 0. The molecule has 0 saturated carbocycles. The topological polar surface area (TPSA) is 50.8 Å². The van der Waals surface area contributed by atoms with Gasteiger partial charge in [-0.25, -0.2) is 4.79 Å². The average Bonchev–Trinajstić information content (AvgIpc) is 3.20. The van der Waals surface area contributed by atoms with Crippen LogP contribution in [0.2, 0.25) is 0 Å². The van der Waals surface area contributed by atoms with Gasteiger partial charge in [0.25, 0.3) is 0 Å². The summed E-state index contributed by atoms with van der Waals surface area (Å²) in [5.74, 6) is 0.0761. The third-order valence-corrected chi connectivity index (χ3v) is 4.16. The van der Waals surface area contributed by atoms with Gasteiger partial charge in [0, 0.05) is 18.0 Å². The molecular formula is C15H16BF3N2O3. The molecule has 5 nitrogen and oxygen atoms in total. The summed E-state index contributed by atoms with van der Waals surface area (Å²) in [5.41, 5.74) is 1.87. The highest BCUT2D eigenvalue weighted by atomic mass is 19.4. The number of hydrogen-bond acceptors (Lipinski definition) is 3. The summed E-state index contributed by atoms with van der Waals surface area (Å²) in [6, 6.07) is 4.83. The molecule has 0 aliphatic carbocycles. The van der Waals surface area contributed by atoms with Gasteiger partial charge in [0.1, 0.15) is 0 Å². The van der Waals surface area contributed by atoms with Gasteiger partial charge in [0.05, 0.1) is 18.7 Å². The first-order chi connectivity index (χ1) is 11.3. The second kappa shape index (κ2) is 6.48. The second-order valence-corrected chi connectivity index (χ2v) is 5.88. The number of hydrogen-bond donors (Lipinski definition) is 1. The van der Waals surface area contributed by atoms with Crippen molar-refractivity contribution >= 4 is 19.2 Å². The first-order valence-electron chi connectivity index (χ1n) is 7.51. The molecule has 2 amide bonds. The Morgan fingerprint density at radius 2 is 2.21 bits per heavy atom. The number of aryl methyl sites for hydroxylation is 1. The van der Waals surface area contributed by atoms with Crippen LogP contribution in [0.1, 0.15) is 16.9 Å². The lowest BCUT2D eigenvalue weighted by molar-refractivity contribution is -0.183. The monoisotopic (exact) mass is 340 g/mol. The van der Waals surface area contributed by atoms with Crippen LogP contribution in [0.5, 0.6) is 0 Å². The van der Waals surface area contributed by atoms with Crippen molar-refractivity contribution in [2.45, 2.75) is 18.9 Å². The number of amides is 2. The van der Waals surface area contributed by atoms with Crippen molar-refractivity contribution in [3.8, 4) is 0 Å². The van der Waals surface area contributed by atoms with Gasteiger partial charge >= 0.3 is 19.7 Å². The van der Waals surface area contributed by atoms with Gasteiger partial charge in [-0.1, -0.05) is 12.1 Å². The first-order valence-corrected chi connectivity index (χ1v) is 7.51. The number of urea groups is 1. The number of alkyl halides is 3. The average molecular weight is 340 g/mol. The molecule has 1 aromatic carbocycles. The summed E-state index contributed by atoms with van der Waals surface area (Å²) < 4.78 is 37.9. The van der Waals surface area contributed by atoms with Crippen molar-refractivity contribution in [2.75, 3.05) is 25.0 Å². The van der Waals surface area contributed by atoms with Crippen LogP contribution >= 0.6 is 0 Å². The largest absolute Gasteiger partial charge is 0.414 e. The second-order valence-electron chi connectivity index (χ2n) is 5.88. The van der Waals surface area contributed by atoms with Crippen molar-refractivity contribution in [3.63, 3.8) is 0 Å². The Morgan fingerprint density at radius 3 is 2.83 bits per heavy atom. The Kier molecular flexibility index (Phi) is 4.55. The Morgan fingerprint density at radius 1 is 1.42 bits per heavy atom. The minimum Gasteiger partial charge on any atom is -0.316 e. The fourth-order valence-corrected chi connectivity index (χ4v) is 2.76. The number of halogens is 3. The van der Waals surface area contributed by atoms with Crippen LogP contribution in [0.25, 0.3) is 0 Å². The number of benzene rings is 1. The molecule has 128 valence electrons. The lowest BCUT2D eigenvalue weighted by Gasteiger charge is -2.19. The molecule has 1 saturated heterocycles. The van der Waals surface area contributed by atoms with Crippen LogP contribution in [0.3, 0.4) is 0 Å². The summed E-state index contributed by atoms with van der Waals surface area (Å²) in [4.78, 5) is 23.1. The van der Waals surface area contributed by atoms with E-state index in [2.05, 4.69) is 5.32 Å². The van der Waals surface area contributed by atoms with E-state index < -0.39 is 24.3 Å². The van der Waals surface area contributed by atoms with E-state index in [9.17, 15) is 18.0 Å². The van der Waals surface area contributed by atoms with E-state index in [1.807, 2.05) is 19.1 Å². The fraction of sp³-hybridized carbons (Fsp3) is 0.400. The van der Waals surface area contributed by atoms with Crippen molar-refractivity contribution in [2.24, 2.45) is 0 Å². The maximum atomic E-state index is 12.6. The number of rotatable bonds is 2. The summed E-state index contributed by atoms with van der Waals surface area (Å²) in [7, 11) is 0.434. The maximum absolute atomic E-state index is 12.6. The Bertz CT molecular complexity index is 672. The minimum absolute atomic E-state index is 0.0519. The highest BCUT2D eigenvalue weighted by Gasteiger charge is 2.38. The van der Waals surface area contributed by atoms with Crippen molar-refractivity contribution in [1.29, 1.82) is 0 Å². The van der Waals surface area contributed by atoms with Crippen LogP contribution in [-0.4, -0.2) is 44.3 Å². The fourth-order valence-electron chi connectivity index (χ4n) is 2.76. The molecule has 1 aromatic rings. The van der Waals surface area contributed by atoms with E-state index in [1.54, 1.807) is 6.07 Å². The molecule has 1 atom stereocenters. The van der Waals surface area contributed by atoms with Crippen molar-refractivity contribution in [1.82, 2.24) is 4.90 Å². The third kappa shape index (κ3) is 3.57. The lowest BCUT2D eigenvalue weighted by Crippen LogP contribution is -2.34. The zero-order chi connectivity index (χ0) is 17.3. The molecule has 2 heterocycles. The van der Waals surface area contributed by atoms with Gasteiger partial charge in [-0.3, -0.25) is 4.89 Å². The maximum Gasteiger partial charge on any atom is 0.414 e. The molecule has 0 bridgehead atoms. The van der Waals surface area contributed by atoms with Crippen LogP contribution in [-0.2, 0) is 9.69 Å². The smallest absolute Gasteiger partial charge is 0.316 e. The first kappa shape index (κ1) is 16.8. The molecule has 2 aliphatic rings. The molecule has 3 rings (SSSR count). The van der Waals surface area contributed by atoms with Gasteiger partial charge < -0.3 is 15.0 Å². The molecule has 1 unspecified atom stereocenters. The van der Waals surface area contributed by atoms with Crippen molar-refractivity contribution < 1.29 is 27.7 Å². The quantitative estimate of drug-likeness (QED) is 0.512. The predicted molar refractivity (Wildman–Crippen MR) is 82.8 cm³/mol. The van der Waals surface area contributed by atoms with Gasteiger partial charge in [0.2, 0.25) is 0 Å². The van der Waals surface area contributed by atoms with E-state index in [1.165, 1.54) is 0 Å². The zero-order valence-electron chi connectivity index (χ0n) is 13.0. The van der Waals surface area contributed by atoms with E-state index in [0.29, 0.717) is 19.8 Å². The number of carbonyl (C=O) groups excluding carboxylic acids is 1. The van der Waals surface area contributed by atoms with E-state index in [0.717, 1.165) is 22.1 Å². The molecule has 0 radical (unpaired) electrons. The van der Waals surface area contributed by atoms with Crippen LogP contribution in [0.15, 0.2) is 29.8 Å². The minimum atomic E-state index is -4.39. The summed E-state index contributed by atoms with van der Waals surface area (Å²) in [6.07, 6.45) is -3.36. The molecule has 1 fully saturated rings. The summed E-state index contributed by atoms with van der Waals surface area (Å²) in [5, 5.41) is 2.65. The van der Waals surface area contributed by atoms with Gasteiger partial charge in [-0.2, -0.15) is 13.2 Å². The molecule has 9 heteroatoms. The Balaban J connectivity index is 1.66. The predicted octanol–water partition coefficient (Wildman–Crippen LogP) is 2.69. The third-order valence-electron chi connectivity index (χ3n) is 4.16. The highest BCUT2D eigenvalue weighted by Crippen LogP contribution is 2.30. The van der Waals surface area contributed by atoms with Crippen LogP contribution in [0.4, 0.5) is 23.7 Å². The highest BCUT2D eigenvalue weighted by molar-refractivity contribution is 6.30. The van der Waals surface area contributed by atoms with Gasteiger partial charge in [-0.05, 0) is 30.2 Å². The standard InChI is InChI=1S/C15H16BF3N2O3/c1-9-2-3-11(6-12(9)13-8-23-24-16-13)20-14(22)21-5-4-10(7-21)15(17,18)19/h2-4,6,13,16H,5,7-8H2,1H3,(H,20,22). The number of nitrogens with zero attached hydrogens (tertiary/aromatic N) is 1. The van der Waals surface area contributed by atoms with E-state index >= 15 is 0 Å². The lowest BCUT2D eigenvalue weighted by atomic mass is 9.75. The number of carbonyl (C=O) groups is 1. The van der Waals surface area contributed by atoms with Crippen LogP contribution < -0.4 is 5.32 Å². The molecular weight excluding hydrogens is 324 g/mol. The van der Waals surface area contributed by atoms with E-state index in [-0.39, 0.29) is 12.4 Å². The molecule has 2 aliphatic heterocycles. The van der Waals surface area contributed by atoms with Gasteiger partial charge in [-0.15, -0.1) is 0 Å². The molecule has 1 N–H and O–H groups in total. The van der Waals surface area contributed by atoms with E-state index in [4.69, 9.17) is 9.69 Å². The molecule has 0 spiro atoms. The van der Waals surface area contributed by atoms with Crippen molar-refractivity contribution in [3.05, 3.63) is 41.0 Å². The Labute approximate surface area is 137 Å². The zero-order valence-corrected chi connectivity index (χ0v) is 13.0. The molecule has 0 aromatic heterocycles.